The quantitative estimate of drug-likeness (QED) is 0.906. The number of hydrogen-bond acceptors (Lipinski definition) is 3. The molecule has 0 amide bonds. The van der Waals surface area contributed by atoms with Crippen molar-refractivity contribution in [2.75, 3.05) is 26.7 Å². The predicted octanol–water partition coefficient (Wildman–Crippen LogP) is 2.50. The molecule has 0 unspecified atom stereocenters. The van der Waals surface area contributed by atoms with Crippen molar-refractivity contribution in [1.29, 1.82) is 0 Å². The number of piperidine rings is 1. The number of nitrogens with zero attached hydrogens (tertiary/aromatic N) is 1. The topological polar surface area (TPSA) is 38.5 Å². The Hall–Kier alpha value is -1.06. The normalized spacial score (nSPS) is 19.4. The average Bonchev–Trinajstić information content (AvgIpc) is 2.38. The van der Waals surface area contributed by atoms with Crippen LogP contribution in [0.25, 0.3) is 0 Å². The van der Waals surface area contributed by atoms with Crippen LogP contribution in [0.4, 0.5) is 0 Å². The summed E-state index contributed by atoms with van der Waals surface area (Å²) in [6.07, 6.45) is 3.08. The van der Waals surface area contributed by atoms with Crippen LogP contribution in [-0.2, 0) is 0 Å². The highest BCUT2D eigenvalue weighted by Gasteiger charge is 2.29. The molecule has 0 aliphatic carbocycles. The van der Waals surface area contributed by atoms with E-state index >= 15 is 0 Å². The number of likely N-dealkylation sites (tertiary alicyclic amines) is 1. The van der Waals surface area contributed by atoms with Gasteiger partial charge in [-0.2, -0.15) is 0 Å². The zero-order valence-electron chi connectivity index (χ0n) is 12.4. The molecule has 1 aliphatic rings. The number of nitrogens with two attached hydrogens (primary N) is 1. The Labute approximate surface area is 116 Å². The van der Waals surface area contributed by atoms with Crippen molar-refractivity contribution in [3.05, 3.63) is 29.3 Å². The predicted molar refractivity (Wildman–Crippen MR) is 79.7 cm³/mol. The summed E-state index contributed by atoms with van der Waals surface area (Å²) in [5, 5.41) is 0. The fourth-order valence-corrected chi connectivity index (χ4v) is 2.49. The van der Waals surface area contributed by atoms with Gasteiger partial charge in [0, 0.05) is 5.54 Å². The summed E-state index contributed by atoms with van der Waals surface area (Å²) in [6, 6.07) is 6.26. The van der Waals surface area contributed by atoms with Gasteiger partial charge in [-0.3, -0.25) is 0 Å². The standard InChI is InChI=1S/C16H26N2O/c1-13-4-5-15(12-14(13)2)19-11-8-16(17)6-9-18(3)10-7-16/h4-5,12H,6-11,17H2,1-3H3. The van der Waals surface area contributed by atoms with Gasteiger partial charge in [0.25, 0.3) is 0 Å². The fourth-order valence-electron chi connectivity index (χ4n) is 2.49. The van der Waals surface area contributed by atoms with Gasteiger partial charge < -0.3 is 15.4 Å². The van der Waals surface area contributed by atoms with E-state index in [0.29, 0.717) is 6.61 Å². The van der Waals surface area contributed by atoms with Crippen molar-refractivity contribution in [2.24, 2.45) is 5.73 Å². The van der Waals surface area contributed by atoms with Gasteiger partial charge in [-0.05, 0) is 76.5 Å². The van der Waals surface area contributed by atoms with Gasteiger partial charge in [0.05, 0.1) is 6.61 Å². The molecule has 0 spiro atoms. The average molecular weight is 262 g/mol. The zero-order chi connectivity index (χ0) is 13.9. The van der Waals surface area contributed by atoms with Crippen molar-refractivity contribution in [2.45, 2.75) is 38.6 Å². The van der Waals surface area contributed by atoms with Crippen LogP contribution in [0.15, 0.2) is 18.2 Å². The first kappa shape index (κ1) is 14.4. The van der Waals surface area contributed by atoms with Crippen LogP contribution >= 0.6 is 0 Å². The highest BCUT2D eigenvalue weighted by molar-refractivity contribution is 5.33. The number of ether oxygens (including phenoxy) is 1. The van der Waals surface area contributed by atoms with E-state index in [2.05, 4.69) is 37.9 Å². The van der Waals surface area contributed by atoms with E-state index in [-0.39, 0.29) is 5.54 Å². The smallest absolute Gasteiger partial charge is 0.119 e. The maximum Gasteiger partial charge on any atom is 0.119 e. The molecule has 1 aliphatic heterocycles. The van der Waals surface area contributed by atoms with Crippen LogP contribution in [0.5, 0.6) is 5.75 Å². The monoisotopic (exact) mass is 262 g/mol. The highest BCUT2D eigenvalue weighted by atomic mass is 16.5. The van der Waals surface area contributed by atoms with E-state index in [4.69, 9.17) is 10.5 Å². The molecule has 3 nitrogen and oxygen atoms in total. The Morgan fingerprint density at radius 1 is 1.21 bits per heavy atom. The molecule has 1 aromatic carbocycles. The second-order valence-corrected chi connectivity index (χ2v) is 6.01. The Morgan fingerprint density at radius 2 is 1.89 bits per heavy atom. The van der Waals surface area contributed by atoms with Gasteiger partial charge in [-0.1, -0.05) is 6.07 Å². The SMILES string of the molecule is Cc1ccc(OCCC2(N)CCN(C)CC2)cc1C. The van der Waals surface area contributed by atoms with Crippen molar-refractivity contribution < 1.29 is 4.74 Å². The number of benzene rings is 1. The first-order chi connectivity index (χ1) is 8.98. The molecule has 106 valence electrons. The summed E-state index contributed by atoms with van der Waals surface area (Å²) in [5.74, 6) is 0.958. The first-order valence-corrected chi connectivity index (χ1v) is 7.16. The van der Waals surface area contributed by atoms with Crippen LogP contribution in [0.1, 0.15) is 30.4 Å². The van der Waals surface area contributed by atoms with Crippen LogP contribution in [0, 0.1) is 13.8 Å². The van der Waals surface area contributed by atoms with E-state index in [1.807, 2.05) is 6.07 Å². The maximum absolute atomic E-state index is 6.43. The molecule has 19 heavy (non-hydrogen) atoms. The van der Waals surface area contributed by atoms with Crippen molar-refractivity contribution >= 4 is 0 Å². The van der Waals surface area contributed by atoms with E-state index in [1.54, 1.807) is 0 Å². The molecule has 0 radical (unpaired) electrons. The molecule has 0 saturated carbocycles. The number of aryl methyl sites for hydroxylation is 2. The molecule has 1 fully saturated rings. The van der Waals surface area contributed by atoms with Crippen molar-refractivity contribution in [3.8, 4) is 5.75 Å². The van der Waals surface area contributed by atoms with Gasteiger partial charge in [0.15, 0.2) is 0 Å². The molecule has 1 heterocycles. The van der Waals surface area contributed by atoms with Gasteiger partial charge in [0.2, 0.25) is 0 Å². The van der Waals surface area contributed by atoms with Crippen LogP contribution in [0.3, 0.4) is 0 Å². The zero-order valence-corrected chi connectivity index (χ0v) is 12.4. The van der Waals surface area contributed by atoms with Crippen molar-refractivity contribution in [1.82, 2.24) is 4.90 Å². The largest absolute Gasteiger partial charge is 0.494 e. The molecular weight excluding hydrogens is 236 g/mol. The lowest BCUT2D eigenvalue weighted by Gasteiger charge is -2.37. The molecule has 1 aromatic rings. The Kier molecular flexibility index (Phi) is 4.48. The van der Waals surface area contributed by atoms with E-state index in [1.165, 1.54) is 11.1 Å². The Balaban J connectivity index is 1.81. The molecule has 2 N–H and O–H groups in total. The van der Waals surface area contributed by atoms with Crippen LogP contribution in [-0.4, -0.2) is 37.2 Å². The third kappa shape index (κ3) is 3.95. The molecule has 1 saturated heterocycles. The van der Waals surface area contributed by atoms with Gasteiger partial charge in [0.1, 0.15) is 5.75 Å². The van der Waals surface area contributed by atoms with Gasteiger partial charge in [-0.25, -0.2) is 0 Å². The summed E-state index contributed by atoms with van der Waals surface area (Å²) in [5.41, 5.74) is 8.98. The minimum atomic E-state index is -0.0355. The summed E-state index contributed by atoms with van der Waals surface area (Å²) in [4.78, 5) is 2.34. The van der Waals surface area contributed by atoms with E-state index in [0.717, 1.165) is 38.1 Å². The second kappa shape index (κ2) is 5.93. The number of hydrogen-bond donors (Lipinski definition) is 1. The minimum absolute atomic E-state index is 0.0355. The molecule has 3 heteroatoms. The van der Waals surface area contributed by atoms with E-state index < -0.39 is 0 Å². The minimum Gasteiger partial charge on any atom is -0.494 e. The summed E-state index contributed by atoms with van der Waals surface area (Å²) >= 11 is 0. The maximum atomic E-state index is 6.43. The Bertz CT molecular complexity index is 423. The third-order valence-corrected chi connectivity index (χ3v) is 4.33. The highest BCUT2D eigenvalue weighted by Crippen LogP contribution is 2.23. The first-order valence-electron chi connectivity index (χ1n) is 7.16. The Morgan fingerprint density at radius 3 is 2.53 bits per heavy atom. The number of rotatable bonds is 4. The third-order valence-electron chi connectivity index (χ3n) is 4.33. The van der Waals surface area contributed by atoms with Gasteiger partial charge in [-0.15, -0.1) is 0 Å². The van der Waals surface area contributed by atoms with Crippen LogP contribution in [0.2, 0.25) is 0 Å². The lowest BCUT2D eigenvalue weighted by atomic mass is 9.86. The molecule has 2 rings (SSSR count). The molecular formula is C16H26N2O. The van der Waals surface area contributed by atoms with Gasteiger partial charge >= 0.3 is 0 Å². The summed E-state index contributed by atoms with van der Waals surface area (Å²) in [6.45, 7) is 7.14. The lowest BCUT2D eigenvalue weighted by molar-refractivity contribution is 0.159. The molecule has 0 aromatic heterocycles. The van der Waals surface area contributed by atoms with Crippen LogP contribution < -0.4 is 10.5 Å². The summed E-state index contributed by atoms with van der Waals surface area (Å²) < 4.78 is 5.84. The molecule has 0 atom stereocenters. The lowest BCUT2D eigenvalue weighted by Crippen LogP contribution is -2.50. The second-order valence-electron chi connectivity index (χ2n) is 6.01. The molecule has 0 bridgehead atoms. The van der Waals surface area contributed by atoms with Crippen molar-refractivity contribution in [3.63, 3.8) is 0 Å². The summed E-state index contributed by atoms with van der Waals surface area (Å²) in [7, 11) is 2.16. The fraction of sp³-hybridized carbons (Fsp3) is 0.625. The van der Waals surface area contributed by atoms with E-state index in [9.17, 15) is 0 Å².